The maximum atomic E-state index is 12.8. The molecule has 4 rings (SSSR count). The summed E-state index contributed by atoms with van der Waals surface area (Å²) in [7, 11) is 1.69. The summed E-state index contributed by atoms with van der Waals surface area (Å²) in [6, 6.07) is 11.1. The molecule has 0 fully saturated rings. The number of rotatable bonds is 7. The molecule has 9 heteroatoms. The average Bonchev–Trinajstić information content (AvgIpc) is 3.28. The summed E-state index contributed by atoms with van der Waals surface area (Å²) in [5, 5.41) is 11.0. The van der Waals surface area contributed by atoms with Gasteiger partial charge in [-0.25, -0.2) is 4.98 Å². The van der Waals surface area contributed by atoms with Crippen LogP contribution in [0, 0.1) is 0 Å². The molecular weight excluding hydrogens is 396 g/mol. The van der Waals surface area contributed by atoms with Crippen molar-refractivity contribution in [2.75, 3.05) is 43.6 Å². The van der Waals surface area contributed by atoms with E-state index in [1.807, 2.05) is 42.7 Å². The molecule has 9 nitrogen and oxygen atoms in total. The minimum Gasteiger partial charge on any atom is -0.489 e. The molecule has 1 aromatic carbocycles. The summed E-state index contributed by atoms with van der Waals surface area (Å²) in [4.78, 5) is 19.6. The first kappa shape index (κ1) is 20.8. The van der Waals surface area contributed by atoms with Crippen molar-refractivity contribution in [1.29, 1.82) is 0 Å². The molecule has 3 aromatic rings. The second-order valence-electron chi connectivity index (χ2n) is 7.53. The highest BCUT2D eigenvalue weighted by atomic mass is 16.5. The average molecular weight is 422 g/mol. The van der Waals surface area contributed by atoms with Crippen LogP contribution < -0.4 is 15.0 Å². The lowest BCUT2D eigenvalue weighted by atomic mass is 10.2. The Morgan fingerprint density at radius 1 is 1.29 bits per heavy atom. The summed E-state index contributed by atoms with van der Waals surface area (Å²) in [6.07, 6.45) is 1.66. The molecule has 0 saturated carbocycles. The highest BCUT2D eigenvalue weighted by Crippen LogP contribution is 2.34. The maximum absolute atomic E-state index is 12.8. The summed E-state index contributed by atoms with van der Waals surface area (Å²) < 4.78 is 12.9. The Hall–Kier alpha value is -3.46. The van der Waals surface area contributed by atoms with Gasteiger partial charge in [0.1, 0.15) is 30.1 Å². The van der Waals surface area contributed by atoms with Crippen molar-refractivity contribution in [2.45, 2.75) is 19.9 Å². The minimum absolute atomic E-state index is 0.184. The molecule has 0 atom stereocenters. The highest BCUT2D eigenvalue weighted by molar-refractivity contribution is 6.03. The molecule has 0 radical (unpaired) electrons. The van der Waals surface area contributed by atoms with E-state index in [0.29, 0.717) is 36.1 Å². The van der Waals surface area contributed by atoms with Crippen LogP contribution in [-0.4, -0.2) is 59.1 Å². The fourth-order valence-electron chi connectivity index (χ4n) is 3.47. The molecule has 0 bridgehead atoms. The smallest absolute Gasteiger partial charge is 0.274 e. The quantitative estimate of drug-likeness (QED) is 0.625. The predicted molar refractivity (Wildman–Crippen MR) is 118 cm³/mol. The Balaban J connectivity index is 1.52. The molecule has 0 aliphatic carbocycles. The fraction of sp³-hybridized carbons (Fsp3) is 0.364. The molecule has 1 aliphatic heterocycles. The number of aromatic nitrogens is 4. The van der Waals surface area contributed by atoms with Gasteiger partial charge in [-0.1, -0.05) is 6.07 Å². The molecule has 31 heavy (non-hydrogen) atoms. The lowest BCUT2D eigenvalue weighted by Crippen LogP contribution is -2.35. The second kappa shape index (κ2) is 9.13. The van der Waals surface area contributed by atoms with Crippen LogP contribution in [0.1, 0.15) is 30.4 Å². The largest absolute Gasteiger partial charge is 0.489 e. The van der Waals surface area contributed by atoms with E-state index in [9.17, 15) is 4.79 Å². The van der Waals surface area contributed by atoms with Crippen molar-refractivity contribution in [1.82, 2.24) is 19.7 Å². The van der Waals surface area contributed by atoms with Crippen LogP contribution in [0.2, 0.25) is 0 Å². The van der Waals surface area contributed by atoms with Crippen LogP contribution in [0.4, 0.5) is 11.4 Å². The third-order valence-corrected chi connectivity index (χ3v) is 5.08. The number of pyridine rings is 1. The zero-order chi connectivity index (χ0) is 21.8. The Labute approximate surface area is 181 Å². The van der Waals surface area contributed by atoms with Crippen molar-refractivity contribution in [2.24, 2.45) is 0 Å². The van der Waals surface area contributed by atoms with Gasteiger partial charge in [0.25, 0.3) is 5.91 Å². The SMILES string of the molecule is COCCN1CCOc2cc(NC(=O)c3cccc(-c4nncn4C(C)C)n3)ccc21. The zero-order valence-corrected chi connectivity index (χ0v) is 17.9. The minimum atomic E-state index is -0.301. The molecule has 1 amide bonds. The Kier molecular flexibility index (Phi) is 6.13. The summed E-state index contributed by atoms with van der Waals surface area (Å²) >= 11 is 0. The molecule has 0 unspecified atom stereocenters. The van der Waals surface area contributed by atoms with Gasteiger partial charge in [-0.15, -0.1) is 10.2 Å². The van der Waals surface area contributed by atoms with Gasteiger partial charge < -0.3 is 24.3 Å². The van der Waals surface area contributed by atoms with Crippen LogP contribution in [0.3, 0.4) is 0 Å². The van der Waals surface area contributed by atoms with Crippen molar-refractivity contribution in [3.63, 3.8) is 0 Å². The summed E-state index contributed by atoms with van der Waals surface area (Å²) in [6.45, 7) is 6.91. The maximum Gasteiger partial charge on any atom is 0.274 e. The molecule has 3 heterocycles. The molecular formula is C22H26N6O3. The van der Waals surface area contributed by atoms with E-state index in [1.54, 1.807) is 25.6 Å². The molecule has 2 aromatic heterocycles. The first-order valence-corrected chi connectivity index (χ1v) is 10.3. The molecule has 1 aliphatic rings. The number of hydrogen-bond acceptors (Lipinski definition) is 7. The number of ether oxygens (including phenoxy) is 2. The van der Waals surface area contributed by atoms with Gasteiger partial charge in [0.15, 0.2) is 5.82 Å². The number of anilines is 2. The Bertz CT molecular complexity index is 1060. The number of nitrogens with zero attached hydrogens (tertiary/aromatic N) is 5. The van der Waals surface area contributed by atoms with E-state index in [-0.39, 0.29) is 11.9 Å². The Morgan fingerprint density at radius 2 is 2.16 bits per heavy atom. The van der Waals surface area contributed by atoms with Gasteiger partial charge in [-0.2, -0.15) is 0 Å². The number of benzene rings is 1. The van der Waals surface area contributed by atoms with Gasteiger partial charge in [-0.05, 0) is 38.1 Å². The molecule has 0 spiro atoms. The third kappa shape index (κ3) is 4.51. The lowest BCUT2D eigenvalue weighted by molar-refractivity contribution is 0.102. The molecule has 1 N–H and O–H groups in total. The number of methoxy groups -OCH3 is 1. The van der Waals surface area contributed by atoms with E-state index in [0.717, 1.165) is 24.5 Å². The van der Waals surface area contributed by atoms with Crippen LogP contribution in [0.15, 0.2) is 42.7 Å². The topological polar surface area (TPSA) is 94.4 Å². The van der Waals surface area contributed by atoms with E-state index >= 15 is 0 Å². The third-order valence-electron chi connectivity index (χ3n) is 5.08. The number of hydrogen-bond donors (Lipinski definition) is 1. The van der Waals surface area contributed by atoms with Gasteiger partial charge in [-0.3, -0.25) is 4.79 Å². The second-order valence-corrected chi connectivity index (χ2v) is 7.53. The number of carbonyl (C=O) groups excluding carboxylic acids is 1. The number of carbonyl (C=O) groups is 1. The van der Waals surface area contributed by atoms with E-state index in [4.69, 9.17) is 9.47 Å². The van der Waals surface area contributed by atoms with Crippen LogP contribution >= 0.6 is 0 Å². The van der Waals surface area contributed by atoms with Gasteiger partial charge in [0.2, 0.25) is 0 Å². The number of nitrogens with one attached hydrogen (secondary N) is 1. The van der Waals surface area contributed by atoms with Crippen molar-refractivity contribution in [3.8, 4) is 17.3 Å². The van der Waals surface area contributed by atoms with E-state index < -0.39 is 0 Å². The monoisotopic (exact) mass is 422 g/mol. The lowest BCUT2D eigenvalue weighted by Gasteiger charge is -2.31. The van der Waals surface area contributed by atoms with Crippen LogP contribution in [-0.2, 0) is 4.74 Å². The zero-order valence-electron chi connectivity index (χ0n) is 17.9. The van der Waals surface area contributed by atoms with Gasteiger partial charge in [0.05, 0.1) is 18.8 Å². The fourth-order valence-corrected chi connectivity index (χ4v) is 3.47. The first-order valence-electron chi connectivity index (χ1n) is 10.3. The van der Waals surface area contributed by atoms with Crippen molar-refractivity contribution < 1.29 is 14.3 Å². The standard InChI is InChI=1S/C22H26N6O3/c1-15(2)28-14-23-26-21(28)17-5-4-6-18(25-17)22(29)24-16-7-8-19-20(13-16)31-12-10-27(19)9-11-30-3/h4-8,13-15H,9-12H2,1-3H3,(H,24,29). The van der Waals surface area contributed by atoms with Crippen LogP contribution in [0.25, 0.3) is 11.5 Å². The Morgan fingerprint density at radius 3 is 2.97 bits per heavy atom. The van der Waals surface area contributed by atoms with Crippen molar-refractivity contribution in [3.05, 3.63) is 48.4 Å². The highest BCUT2D eigenvalue weighted by Gasteiger charge is 2.19. The number of amides is 1. The molecule has 0 saturated heterocycles. The van der Waals surface area contributed by atoms with E-state index in [1.165, 1.54) is 0 Å². The van der Waals surface area contributed by atoms with Crippen molar-refractivity contribution >= 4 is 17.3 Å². The van der Waals surface area contributed by atoms with Gasteiger partial charge >= 0.3 is 0 Å². The predicted octanol–water partition coefficient (Wildman–Crippen LogP) is 3.02. The first-order chi connectivity index (χ1) is 15.1. The number of fused-ring (bicyclic) bond motifs is 1. The normalized spacial score (nSPS) is 13.1. The van der Waals surface area contributed by atoms with E-state index in [2.05, 4.69) is 25.4 Å². The molecule has 162 valence electrons. The van der Waals surface area contributed by atoms with Crippen LogP contribution in [0.5, 0.6) is 5.75 Å². The summed E-state index contributed by atoms with van der Waals surface area (Å²) in [5.41, 5.74) is 2.54. The van der Waals surface area contributed by atoms with Gasteiger partial charge in [0, 0.05) is 31.5 Å². The summed E-state index contributed by atoms with van der Waals surface area (Å²) in [5.74, 6) is 1.07.